The first-order chi connectivity index (χ1) is 9.50. The molecule has 20 heavy (non-hydrogen) atoms. The minimum Gasteiger partial charge on any atom is -0.316 e. The molecule has 1 N–H and O–H groups in total. The molecule has 1 atom stereocenters. The van der Waals surface area contributed by atoms with Gasteiger partial charge < -0.3 is 5.32 Å². The van der Waals surface area contributed by atoms with Crippen molar-refractivity contribution in [1.29, 1.82) is 0 Å². The van der Waals surface area contributed by atoms with Crippen LogP contribution in [-0.2, 0) is 6.42 Å². The monoisotopic (exact) mass is 275 g/mol. The lowest BCUT2D eigenvalue weighted by Gasteiger charge is -2.30. The van der Waals surface area contributed by atoms with E-state index in [0.717, 1.165) is 13.1 Å². The SMILES string of the molecule is CCCNCC(C)(CCC)Cc1ccc(C(C)C)cc1. The molecule has 0 aliphatic heterocycles. The third kappa shape index (κ3) is 5.66. The van der Waals surface area contributed by atoms with Crippen LogP contribution < -0.4 is 5.32 Å². The second-order valence-corrected chi connectivity index (χ2v) is 6.81. The van der Waals surface area contributed by atoms with E-state index in [-0.39, 0.29) is 0 Å². The number of rotatable bonds is 9. The minimum absolute atomic E-state index is 0.378. The van der Waals surface area contributed by atoms with Crippen LogP contribution in [0.5, 0.6) is 0 Å². The van der Waals surface area contributed by atoms with Crippen molar-refractivity contribution in [3.8, 4) is 0 Å². The summed E-state index contributed by atoms with van der Waals surface area (Å²) in [6, 6.07) is 9.24. The average molecular weight is 275 g/mol. The summed E-state index contributed by atoms with van der Waals surface area (Å²) in [5.41, 5.74) is 3.29. The predicted molar refractivity (Wildman–Crippen MR) is 90.4 cm³/mol. The van der Waals surface area contributed by atoms with Gasteiger partial charge in [0.25, 0.3) is 0 Å². The van der Waals surface area contributed by atoms with Crippen molar-refractivity contribution in [2.75, 3.05) is 13.1 Å². The van der Waals surface area contributed by atoms with Gasteiger partial charge in [-0.1, -0.05) is 65.3 Å². The van der Waals surface area contributed by atoms with E-state index in [4.69, 9.17) is 0 Å². The van der Waals surface area contributed by atoms with Crippen LogP contribution in [0.3, 0.4) is 0 Å². The molecule has 0 amide bonds. The van der Waals surface area contributed by atoms with Gasteiger partial charge in [0.05, 0.1) is 0 Å². The summed E-state index contributed by atoms with van der Waals surface area (Å²) in [4.78, 5) is 0. The Kier molecular flexibility index (Phi) is 7.29. The van der Waals surface area contributed by atoms with Gasteiger partial charge >= 0.3 is 0 Å². The third-order valence-corrected chi connectivity index (χ3v) is 4.11. The maximum atomic E-state index is 3.61. The van der Waals surface area contributed by atoms with Gasteiger partial charge in [0.2, 0.25) is 0 Å². The molecule has 1 nitrogen and oxygen atoms in total. The van der Waals surface area contributed by atoms with Crippen LogP contribution in [0, 0.1) is 5.41 Å². The predicted octanol–water partition coefficient (Wildman–Crippen LogP) is 5.16. The van der Waals surface area contributed by atoms with Crippen LogP contribution in [0.2, 0.25) is 0 Å². The largest absolute Gasteiger partial charge is 0.316 e. The fourth-order valence-corrected chi connectivity index (χ4v) is 2.92. The van der Waals surface area contributed by atoms with Crippen LogP contribution in [-0.4, -0.2) is 13.1 Å². The highest BCUT2D eigenvalue weighted by Gasteiger charge is 2.23. The first kappa shape index (κ1) is 17.2. The first-order valence-corrected chi connectivity index (χ1v) is 8.30. The van der Waals surface area contributed by atoms with E-state index in [0.29, 0.717) is 11.3 Å². The molecular weight excluding hydrogens is 242 g/mol. The minimum atomic E-state index is 0.378. The van der Waals surface area contributed by atoms with E-state index >= 15 is 0 Å². The lowest BCUT2D eigenvalue weighted by atomic mass is 9.79. The van der Waals surface area contributed by atoms with E-state index in [1.165, 1.54) is 36.8 Å². The first-order valence-electron chi connectivity index (χ1n) is 8.30. The summed E-state index contributed by atoms with van der Waals surface area (Å²) in [6.07, 6.45) is 4.94. The van der Waals surface area contributed by atoms with Crippen LogP contribution in [0.25, 0.3) is 0 Å². The number of benzene rings is 1. The molecular formula is C19H33N. The molecule has 0 saturated heterocycles. The Bertz CT molecular complexity index is 366. The molecule has 0 saturated carbocycles. The van der Waals surface area contributed by atoms with Gasteiger partial charge in [-0.05, 0) is 48.3 Å². The maximum Gasteiger partial charge on any atom is 0.000834 e. The maximum absolute atomic E-state index is 3.61. The Morgan fingerprint density at radius 1 is 1.05 bits per heavy atom. The smallest absolute Gasteiger partial charge is 0.000834 e. The Morgan fingerprint density at radius 2 is 1.70 bits per heavy atom. The van der Waals surface area contributed by atoms with Crippen molar-refractivity contribution in [3.63, 3.8) is 0 Å². The highest BCUT2D eigenvalue weighted by atomic mass is 14.9. The molecule has 0 fully saturated rings. The van der Waals surface area contributed by atoms with E-state index in [9.17, 15) is 0 Å². The summed E-state index contributed by atoms with van der Waals surface area (Å²) in [5.74, 6) is 0.622. The van der Waals surface area contributed by atoms with Crippen molar-refractivity contribution in [2.24, 2.45) is 5.41 Å². The van der Waals surface area contributed by atoms with Gasteiger partial charge in [0.15, 0.2) is 0 Å². The van der Waals surface area contributed by atoms with Crippen molar-refractivity contribution >= 4 is 0 Å². The van der Waals surface area contributed by atoms with E-state index in [2.05, 4.69) is 64.2 Å². The molecule has 0 spiro atoms. The Morgan fingerprint density at radius 3 is 2.20 bits per heavy atom. The van der Waals surface area contributed by atoms with Crippen molar-refractivity contribution < 1.29 is 0 Å². The zero-order valence-electron chi connectivity index (χ0n) is 14.1. The van der Waals surface area contributed by atoms with E-state index < -0.39 is 0 Å². The molecule has 0 aliphatic rings. The average Bonchev–Trinajstić information content (AvgIpc) is 2.39. The lowest BCUT2D eigenvalue weighted by Crippen LogP contribution is -2.34. The standard InChI is InChI=1S/C19H33N/c1-6-12-19(5,15-20-13-7-2)14-17-8-10-18(11-9-17)16(3)4/h8-11,16,20H,6-7,12-15H2,1-5H3. The molecule has 1 aromatic carbocycles. The van der Waals surface area contributed by atoms with Crippen molar-refractivity contribution in [2.45, 2.75) is 66.2 Å². The summed E-state index contributed by atoms with van der Waals surface area (Å²) >= 11 is 0. The topological polar surface area (TPSA) is 12.0 Å². The second kappa shape index (κ2) is 8.46. The van der Waals surface area contributed by atoms with Crippen LogP contribution >= 0.6 is 0 Å². The van der Waals surface area contributed by atoms with E-state index in [1.807, 2.05) is 0 Å². The molecule has 0 radical (unpaired) electrons. The highest BCUT2D eigenvalue weighted by Crippen LogP contribution is 2.28. The molecule has 0 heterocycles. The zero-order chi connectivity index (χ0) is 15.0. The zero-order valence-corrected chi connectivity index (χ0v) is 14.1. The van der Waals surface area contributed by atoms with Gasteiger partial charge in [-0.25, -0.2) is 0 Å². The molecule has 1 heteroatoms. The molecule has 0 aromatic heterocycles. The number of hydrogen-bond donors (Lipinski definition) is 1. The Labute approximate surface area is 126 Å². The van der Waals surface area contributed by atoms with Gasteiger partial charge in [0, 0.05) is 6.54 Å². The van der Waals surface area contributed by atoms with Gasteiger partial charge in [-0.3, -0.25) is 0 Å². The van der Waals surface area contributed by atoms with Crippen LogP contribution in [0.15, 0.2) is 24.3 Å². The molecule has 1 rings (SSSR count). The highest BCUT2D eigenvalue weighted by molar-refractivity contribution is 5.25. The summed E-state index contributed by atoms with van der Waals surface area (Å²) in [5, 5.41) is 3.61. The lowest BCUT2D eigenvalue weighted by molar-refractivity contribution is 0.275. The normalized spacial score (nSPS) is 14.5. The fraction of sp³-hybridized carbons (Fsp3) is 0.684. The molecule has 1 aromatic rings. The Balaban J connectivity index is 2.68. The van der Waals surface area contributed by atoms with Gasteiger partial charge in [-0.2, -0.15) is 0 Å². The fourth-order valence-electron chi connectivity index (χ4n) is 2.92. The van der Waals surface area contributed by atoms with Gasteiger partial charge in [0.1, 0.15) is 0 Å². The summed E-state index contributed by atoms with van der Waals surface area (Å²) < 4.78 is 0. The van der Waals surface area contributed by atoms with Crippen molar-refractivity contribution in [3.05, 3.63) is 35.4 Å². The van der Waals surface area contributed by atoms with E-state index in [1.54, 1.807) is 0 Å². The van der Waals surface area contributed by atoms with Crippen molar-refractivity contribution in [1.82, 2.24) is 5.32 Å². The molecule has 0 bridgehead atoms. The third-order valence-electron chi connectivity index (χ3n) is 4.11. The van der Waals surface area contributed by atoms with Crippen LogP contribution in [0.1, 0.15) is 70.9 Å². The molecule has 114 valence electrons. The summed E-state index contributed by atoms with van der Waals surface area (Å²) in [7, 11) is 0. The van der Waals surface area contributed by atoms with Gasteiger partial charge in [-0.15, -0.1) is 0 Å². The number of hydrogen-bond acceptors (Lipinski definition) is 1. The quantitative estimate of drug-likeness (QED) is 0.614. The second-order valence-electron chi connectivity index (χ2n) is 6.81. The molecule has 1 unspecified atom stereocenters. The summed E-state index contributed by atoms with van der Waals surface area (Å²) in [6.45, 7) is 13.7. The number of nitrogens with one attached hydrogen (secondary N) is 1. The van der Waals surface area contributed by atoms with Crippen LogP contribution in [0.4, 0.5) is 0 Å². The molecule has 0 aliphatic carbocycles. The Hall–Kier alpha value is -0.820.